The number of non-ortho nitro benzene ring substituents is 1. The number of ether oxygens (including phenoxy) is 1. The first-order valence-electron chi connectivity index (χ1n) is 6.71. The summed E-state index contributed by atoms with van der Waals surface area (Å²) in [6.45, 7) is 0.489. The first-order chi connectivity index (χ1) is 10.6. The van der Waals surface area contributed by atoms with Crippen molar-refractivity contribution in [3.63, 3.8) is 0 Å². The number of aromatic hydroxyl groups is 1. The van der Waals surface area contributed by atoms with Gasteiger partial charge in [0.25, 0.3) is 5.69 Å². The highest BCUT2D eigenvalue weighted by Gasteiger charge is 2.08. The first-order valence-corrected chi connectivity index (χ1v) is 6.71. The maximum absolute atomic E-state index is 10.7. The average molecular weight is 300 g/mol. The van der Waals surface area contributed by atoms with Crippen molar-refractivity contribution in [2.75, 3.05) is 13.7 Å². The minimum atomic E-state index is -0.508. The van der Waals surface area contributed by atoms with Gasteiger partial charge in [0.05, 0.1) is 12.0 Å². The Kier molecular flexibility index (Phi) is 5.08. The molecular weight excluding hydrogens is 284 g/mol. The van der Waals surface area contributed by atoms with Crippen molar-refractivity contribution in [1.82, 2.24) is 0 Å². The van der Waals surface area contributed by atoms with E-state index in [9.17, 15) is 15.2 Å². The second kappa shape index (κ2) is 7.21. The van der Waals surface area contributed by atoms with Crippen LogP contribution in [0.5, 0.6) is 11.5 Å². The summed E-state index contributed by atoms with van der Waals surface area (Å²) in [4.78, 5) is 14.4. The van der Waals surface area contributed by atoms with Gasteiger partial charge < -0.3 is 9.84 Å². The van der Waals surface area contributed by atoms with Gasteiger partial charge in [-0.2, -0.15) is 0 Å². The number of hydrogen-bond acceptors (Lipinski definition) is 5. The van der Waals surface area contributed by atoms with Crippen LogP contribution >= 0.6 is 0 Å². The molecule has 6 nitrogen and oxygen atoms in total. The van der Waals surface area contributed by atoms with E-state index >= 15 is 0 Å². The largest absolute Gasteiger partial charge is 0.507 e. The van der Waals surface area contributed by atoms with Crippen molar-refractivity contribution < 1.29 is 14.8 Å². The monoisotopic (exact) mass is 300 g/mol. The van der Waals surface area contributed by atoms with Gasteiger partial charge in [-0.05, 0) is 24.1 Å². The topological polar surface area (TPSA) is 85.0 Å². The van der Waals surface area contributed by atoms with E-state index in [2.05, 4.69) is 4.99 Å². The third kappa shape index (κ3) is 3.82. The van der Waals surface area contributed by atoms with Gasteiger partial charge >= 0.3 is 0 Å². The average Bonchev–Trinajstić information content (AvgIpc) is 2.53. The smallest absolute Gasteiger partial charge is 0.270 e. The summed E-state index contributed by atoms with van der Waals surface area (Å²) in [5, 5.41) is 20.4. The van der Waals surface area contributed by atoms with Crippen LogP contribution in [0.3, 0.4) is 0 Å². The first kappa shape index (κ1) is 15.5. The molecule has 22 heavy (non-hydrogen) atoms. The van der Waals surface area contributed by atoms with Crippen LogP contribution in [0.15, 0.2) is 47.5 Å². The van der Waals surface area contributed by atoms with Crippen LogP contribution in [-0.2, 0) is 6.42 Å². The highest BCUT2D eigenvalue weighted by Crippen LogP contribution is 2.21. The Morgan fingerprint density at radius 2 is 2.09 bits per heavy atom. The van der Waals surface area contributed by atoms with Crippen molar-refractivity contribution in [2.45, 2.75) is 6.42 Å². The van der Waals surface area contributed by atoms with Crippen LogP contribution in [0.1, 0.15) is 11.1 Å². The third-order valence-corrected chi connectivity index (χ3v) is 3.16. The molecule has 0 aliphatic carbocycles. The number of nitro groups is 1. The summed E-state index contributed by atoms with van der Waals surface area (Å²) in [5.41, 5.74) is 1.28. The normalized spacial score (nSPS) is 10.8. The number of phenolic OH excluding ortho intramolecular Hbond substituents is 1. The Hall–Kier alpha value is -2.89. The van der Waals surface area contributed by atoms with Crippen LogP contribution in [0.25, 0.3) is 0 Å². The van der Waals surface area contributed by atoms with Crippen LogP contribution in [0, 0.1) is 10.1 Å². The van der Waals surface area contributed by atoms with Crippen LogP contribution in [0.4, 0.5) is 5.69 Å². The molecule has 114 valence electrons. The number of rotatable bonds is 6. The molecule has 1 N–H and O–H groups in total. The Labute approximate surface area is 127 Å². The fraction of sp³-hybridized carbons (Fsp3) is 0.188. The molecule has 2 rings (SSSR count). The quantitative estimate of drug-likeness (QED) is 0.505. The highest BCUT2D eigenvalue weighted by atomic mass is 16.6. The number of phenols is 1. The van der Waals surface area contributed by atoms with E-state index in [0.29, 0.717) is 18.5 Å². The zero-order valence-corrected chi connectivity index (χ0v) is 12.1. The zero-order chi connectivity index (χ0) is 15.9. The summed E-state index contributed by atoms with van der Waals surface area (Å²) in [6.07, 6.45) is 2.12. The molecule has 2 aromatic rings. The number of nitro benzene ring substituents is 1. The second-order valence-corrected chi connectivity index (χ2v) is 4.60. The molecule has 0 amide bonds. The molecule has 0 bridgehead atoms. The predicted octanol–water partition coefficient (Wildman–Crippen LogP) is 2.97. The Morgan fingerprint density at radius 3 is 2.82 bits per heavy atom. The highest BCUT2D eigenvalue weighted by molar-refractivity contribution is 5.84. The Balaban J connectivity index is 2.04. The van der Waals surface area contributed by atoms with Gasteiger partial charge in [-0.15, -0.1) is 0 Å². The summed E-state index contributed by atoms with van der Waals surface area (Å²) < 4.78 is 5.26. The molecule has 0 aliphatic heterocycles. The number of benzene rings is 2. The predicted molar refractivity (Wildman–Crippen MR) is 83.9 cm³/mol. The fourth-order valence-electron chi connectivity index (χ4n) is 2.02. The molecule has 0 aromatic heterocycles. The van der Waals surface area contributed by atoms with E-state index in [1.807, 2.05) is 24.3 Å². The summed E-state index contributed by atoms with van der Waals surface area (Å²) >= 11 is 0. The van der Waals surface area contributed by atoms with Gasteiger partial charge in [0.2, 0.25) is 0 Å². The summed E-state index contributed by atoms with van der Waals surface area (Å²) in [5.74, 6) is 0.766. The van der Waals surface area contributed by atoms with Crippen LogP contribution < -0.4 is 4.74 Å². The van der Waals surface area contributed by atoms with Crippen LogP contribution in [-0.4, -0.2) is 29.9 Å². The van der Waals surface area contributed by atoms with E-state index in [1.54, 1.807) is 7.11 Å². The summed E-state index contributed by atoms with van der Waals surface area (Å²) in [6, 6.07) is 11.5. The van der Waals surface area contributed by atoms with Crippen molar-refractivity contribution in [3.05, 3.63) is 63.7 Å². The fourth-order valence-corrected chi connectivity index (χ4v) is 2.02. The van der Waals surface area contributed by atoms with Crippen molar-refractivity contribution in [2.24, 2.45) is 4.99 Å². The minimum absolute atomic E-state index is 0.0355. The minimum Gasteiger partial charge on any atom is -0.507 e. The number of aliphatic imine (C=N–C) groups is 1. The molecule has 0 aliphatic rings. The Morgan fingerprint density at radius 1 is 1.32 bits per heavy atom. The molecule has 2 aromatic carbocycles. The van der Waals surface area contributed by atoms with Crippen molar-refractivity contribution in [3.8, 4) is 11.5 Å². The van der Waals surface area contributed by atoms with Crippen molar-refractivity contribution in [1.29, 1.82) is 0 Å². The van der Waals surface area contributed by atoms with Gasteiger partial charge in [-0.3, -0.25) is 15.1 Å². The van der Waals surface area contributed by atoms with E-state index in [4.69, 9.17) is 4.74 Å². The number of methoxy groups -OCH3 is 1. The molecule has 0 unspecified atom stereocenters. The Bertz CT molecular complexity index is 698. The maximum atomic E-state index is 10.7. The zero-order valence-electron chi connectivity index (χ0n) is 12.1. The lowest BCUT2D eigenvalue weighted by Crippen LogP contribution is -1.95. The van der Waals surface area contributed by atoms with Gasteiger partial charge in [0.1, 0.15) is 11.5 Å². The molecule has 0 fully saturated rings. The standard InChI is InChI=1S/C16H16N2O4/c1-22-16-5-3-2-4-12(16)8-9-17-11-13-10-14(18(20)21)6-7-15(13)19/h2-7,10-11,19H,8-9H2,1H3. The van der Waals surface area contributed by atoms with E-state index < -0.39 is 4.92 Å². The molecule has 0 heterocycles. The molecule has 0 saturated carbocycles. The van der Waals surface area contributed by atoms with E-state index in [-0.39, 0.29) is 11.4 Å². The SMILES string of the molecule is COc1ccccc1CCN=Cc1cc([N+](=O)[O-])ccc1O. The lowest BCUT2D eigenvalue weighted by atomic mass is 10.1. The maximum Gasteiger partial charge on any atom is 0.270 e. The van der Waals surface area contributed by atoms with Gasteiger partial charge in [-0.1, -0.05) is 18.2 Å². The second-order valence-electron chi connectivity index (χ2n) is 4.60. The molecule has 0 saturated heterocycles. The molecule has 0 atom stereocenters. The third-order valence-electron chi connectivity index (χ3n) is 3.16. The van der Waals surface area contributed by atoms with Crippen LogP contribution in [0.2, 0.25) is 0 Å². The van der Waals surface area contributed by atoms with Gasteiger partial charge in [0, 0.05) is 30.5 Å². The number of para-hydroxylation sites is 1. The number of hydrogen-bond donors (Lipinski definition) is 1. The molecule has 0 radical (unpaired) electrons. The summed E-state index contributed by atoms with van der Waals surface area (Å²) in [7, 11) is 1.61. The van der Waals surface area contributed by atoms with Gasteiger partial charge in [0.15, 0.2) is 0 Å². The molecule has 6 heteroatoms. The van der Waals surface area contributed by atoms with Gasteiger partial charge in [-0.25, -0.2) is 0 Å². The molecule has 0 spiro atoms. The van der Waals surface area contributed by atoms with Crippen molar-refractivity contribution >= 4 is 11.9 Å². The number of nitrogens with zero attached hydrogens (tertiary/aromatic N) is 2. The lowest BCUT2D eigenvalue weighted by Gasteiger charge is -2.06. The molecular formula is C16H16N2O4. The lowest BCUT2D eigenvalue weighted by molar-refractivity contribution is -0.384. The van der Waals surface area contributed by atoms with E-state index in [1.165, 1.54) is 24.4 Å². The van der Waals surface area contributed by atoms with E-state index in [0.717, 1.165) is 11.3 Å².